The summed E-state index contributed by atoms with van der Waals surface area (Å²) >= 11 is 0. The fraction of sp³-hybridized carbons (Fsp3) is 0.350. The zero-order valence-electron chi connectivity index (χ0n) is 14.3. The molecule has 132 valence electrons. The quantitative estimate of drug-likeness (QED) is 0.845. The predicted molar refractivity (Wildman–Crippen MR) is 91.4 cm³/mol. The van der Waals surface area contributed by atoms with Gasteiger partial charge in [0.1, 0.15) is 17.4 Å². The average Bonchev–Trinajstić information content (AvgIpc) is 3.36. The zero-order chi connectivity index (χ0) is 18.0. The number of halogens is 2. The molecule has 0 aromatic heterocycles. The minimum atomic E-state index is -0.583. The number of hydrogen-bond acceptors (Lipinski definition) is 2. The lowest BCUT2D eigenvalue weighted by molar-refractivity contribution is -0.123. The third-order valence-corrected chi connectivity index (χ3v) is 4.55. The predicted octanol–water partition coefficient (Wildman–Crippen LogP) is 4.34. The van der Waals surface area contributed by atoms with Crippen LogP contribution in [0.1, 0.15) is 43.4 Å². The van der Waals surface area contributed by atoms with E-state index in [4.69, 9.17) is 4.74 Å². The standard InChI is InChI=1S/C20H21F2NO2/c1-3-25-14-9-7-13(8-10-14)12(2)23-20(24)16-11-15(16)19-17(21)5-4-6-18(19)22/h4-10,12,15-16H,3,11H2,1-2H3,(H,23,24). The zero-order valence-corrected chi connectivity index (χ0v) is 14.3. The lowest BCUT2D eigenvalue weighted by Gasteiger charge is -2.15. The molecule has 1 fully saturated rings. The average molecular weight is 345 g/mol. The van der Waals surface area contributed by atoms with Crippen LogP contribution >= 0.6 is 0 Å². The molecule has 1 N–H and O–H groups in total. The van der Waals surface area contributed by atoms with Gasteiger partial charge in [-0.3, -0.25) is 4.79 Å². The highest BCUT2D eigenvalue weighted by atomic mass is 19.1. The first kappa shape index (κ1) is 17.4. The van der Waals surface area contributed by atoms with Crippen LogP contribution in [-0.4, -0.2) is 12.5 Å². The van der Waals surface area contributed by atoms with Crippen molar-refractivity contribution in [3.63, 3.8) is 0 Å². The first-order valence-electron chi connectivity index (χ1n) is 8.48. The maximum Gasteiger partial charge on any atom is 0.224 e. The van der Waals surface area contributed by atoms with Gasteiger partial charge in [0.05, 0.1) is 12.6 Å². The Hall–Kier alpha value is -2.43. The number of carbonyl (C=O) groups is 1. The van der Waals surface area contributed by atoms with Crippen LogP contribution in [0.25, 0.3) is 0 Å². The monoisotopic (exact) mass is 345 g/mol. The molecular weight excluding hydrogens is 324 g/mol. The second-order valence-corrected chi connectivity index (χ2v) is 6.32. The van der Waals surface area contributed by atoms with Gasteiger partial charge in [-0.1, -0.05) is 18.2 Å². The number of hydrogen-bond donors (Lipinski definition) is 1. The number of nitrogens with one attached hydrogen (secondary N) is 1. The van der Waals surface area contributed by atoms with Crippen LogP contribution in [0, 0.1) is 17.6 Å². The van der Waals surface area contributed by atoms with Gasteiger partial charge in [-0.2, -0.15) is 0 Å². The van der Waals surface area contributed by atoms with Crippen LogP contribution in [0.5, 0.6) is 5.75 Å². The SMILES string of the molecule is CCOc1ccc(C(C)NC(=O)C2CC2c2c(F)cccc2F)cc1. The highest BCUT2D eigenvalue weighted by Crippen LogP contribution is 2.49. The van der Waals surface area contributed by atoms with Crippen LogP contribution < -0.4 is 10.1 Å². The molecule has 2 aromatic rings. The van der Waals surface area contributed by atoms with E-state index in [0.29, 0.717) is 13.0 Å². The Morgan fingerprint density at radius 1 is 1.20 bits per heavy atom. The number of carbonyl (C=O) groups excluding carboxylic acids is 1. The van der Waals surface area contributed by atoms with Gasteiger partial charge in [0.2, 0.25) is 5.91 Å². The van der Waals surface area contributed by atoms with Crippen LogP contribution in [0.15, 0.2) is 42.5 Å². The van der Waals surface area contributed by atoms with E-state index >= 15 is 0 Å². The molecule has 5 heteroatoms. The van der Waals surface area contributed by atoms with Crippen LogP contribution in [-0.2, 0) is 4.79 Å². The topological polar surface area (TPSA) is 38.3 Å². The molecule has 25 heavy (non-hydrogen) atoms. The highest BCUT2D eigenvalue weighted by Gasteiger charge is 2.46. The van der Waals surface area contributed by atoms with E-state index in [0.717, 1.165) is 11.3 Å². The van der Waals surface area contributed by atoms with E-state index in [1.165, 1.54) is 18.2 Å². The van der Waals surface area contributed by atoms with E-state index in [1.54, 1.807) is 0 Å². The molecule has 3 unspecified atom stereocenters. The summed E-state index contributed by atoms with van der Waals surface area (Å²) in [5.41, 5.74) is 0.974. The fourth-order valence-electron chi connectivity index (χ4n) is 3.09. The Morgan fingerprint density at radius 2 is 1.84 bits per heavy atom. The molecule has 0 saturated heterocycles. The van der Waals surface area contributed by atoms with Gasteiger partial charge >= 0.3 is 0 Å². The Balaban J connectivity index is 1.61. The molecule has 3 rings (SSSR count). The summed E-state index contributed by atoms with van der Waals surface area (Å²) in [6, 6.07) is 11.1. The summed E-state index contributed by atoms with van der Waals surface area (Å²) in [5.74, 6) is -1.32. The van der Waals surface area contributed by atoms with E-state index in [-0.39, 0.29) is 29.3 Å². The van der Waals surface area contributed by atoms with Crippen LogP contribution in [0.4, 0.5) is 8.78 Å². The van der Waals surface area contributed by atoms with Crippen molar-refractivity contribution >= 4 is 5.91 Å². The number of rotatable bonds is 6. The first-order chi connectivity index (χ1) is 12.0. The van der Waals surface area contributed by atoms with Gasteiger partial charge in [-0.05, 0) is 50.1 Å². The Morgan fingerprint density at radius 3 is 2.44 bits per heavy atom. The van der Waals surface area contributed by atoms with Gasteiger partial charge < -0.3 is 10.1 Å². The van der Waals surface area contributed by atoms with Crippen molar-refractivity contribution < 1.29 is 18.3 Å². The minimum Gasteiger partial charge on any atom is -0.494 e. The fourth-order valence-corrected chi connectivity index (χ4v) is 3.09. The summed E-state index contributed by atoms with van der Waals surface area (Å²) in [4.78, 5) is 12.4. The molecule has 3 nitrogen and oxygen atoms in total. The van der Waals surface area contributed by atoms with Gasteiger partial charge in [0.15, 0.2) is 0 Å². The number of amides is 1. The Labute approximate surface area is 146 Å². The van der Waals surface area contributed by atoms with Gasteiger partial charge in [0, 0.05) is 17.4 Å². The summed E-state index contributed by atoms with van der Waals surface area (Å²) in [5, 5.41) is 2.92. The second kappa shape index (κ2) is 7.21. The third kappa shape index (κ3) is 3.81. The summed E-state index contributed by atoms with van der Waals surface area (Å²) in [6.45, 7) is 4.40. The number of benzene rings is 2. The largest absolute Gasteiger partial charge is 0.494 e. The van der Waals surface area contributed by atoms with E-state index < -0.39 is 11.6 Å². The van der Waals surface area contributed by atoms with E-state index in [9.17, 15) is 13.6 Å². The highest BCUT2D eigenvalue weighted by molar-refractivity contribution is 5.83. The van der Waals surface area contributed by atoms with Gasteiger partial charge in [0.25, 0.3) is 0 Å². The van der Waals surface area contributed by atoms with E-state index in [1.807, 2.05) is 38.1 Å². The molecule has 0 spiro atoms. The molecule has 3 atom stereocenters. The van der Waals surface area contributed by atoms with Crippen molar-refractivity contribution in [2.45, 2.75) is 32.2 Å². The molecule has 0 heterocycles. The maximum absolute atomic E-state index is 13.8. The molecule has 1 aliphatic carbocycles. The lowest BCUT2D eigenvalue weighted by Crippen LogP contribution is -2.28. The number of ether oxygens (including phenoxy) is 1. The van der Waals surface area contributed by atoms with Gasteiger partial charge in [-0.15, -0.1) is 0 Å². The molecule has 1 aliphatic rings. The Kier molecular flexibility index (Phi) is 5.02. The van der Waals surface area contributed by atoms with Crippen LogP contribution in [0.3, 0.4) is 0 Å². The molecule has 0 radical (unpaired) electrons. The molecule has 0 bridgehead atoms. The maximum atomic E-state index is 13.8. The third-order valence-electron chi connectivity index (χ3n) is 4.55. The minimum absolute atomic E-state index is 0.0244. The molecule has 1 saturated carbocycles. The van der Waals surface area contributed by atoms with Crippen molar-refractivity contribution in [3.05, 3.63) is 65.2 Å². The van der Waals surface area contributed by atoms with Gasteiger partial charge in [-0.25, -0.2) is 8.78 Å². The van der Waals surface area contributed by atoms with Crippen molar-refractivity contribution in [1.29, 1.82) is 0 Å². The molecule has 2 aromatic carbocycles. The molecular formula is C20H21F2NO2. The lowest BCUT2D eigenvalue weighted by atomic mass is 10.1. The first-order valence-corrected chi connectivity index (χ1v) is 8.48. The van der Waals surface area contributed by atoms with Crippen molar-refractivity contribution in [2.24, 2.45) is 5.92 Å². The summed E-state index contributed by atoms with van der Waals surface area (Å²) in [6.07, 6.45) is 0.472. The van der Waals surface area contributed by atoms with Crippen molar-refractivity contribution in [1.82, 2.24) is 5.32 Å². The van der Waals surface area contributed by atoms with Crippen molar-refractivity contribution in [3.8, 4) is 5.75 Å². The Bertz CT molecular complexity index is 741. The van der Waals surface area contributed by atoms with E-state index in [2.05, 4.69) is 5.32 Å². The normalized spacial score (nSPS) is 20.0. The second-order valence-electron chi connectivity index (χ2n) is 6.32. The summed E-state index contributed by atoms with van der Waals surface area (Å²) in [7, 11) is 0. The molecule has 1 amide bonds. The summed E-state index contributed by atoms with van der Waals surface area (Å²) < 4.78 is 33.0. The van der Waals surface area contributed by atoms with Crippen molar-refractivity contribution in [2.75, 3.05) is 6.61 Å². The smallest absolute Gasteiger partial charge is 0.224 e. The van der Waals surface area contributed by atoms with Crippen LogP contribution in [0.2, 0.25) is 0 Å². The molecule has 0 aliphatic heterocycles.